The summed E-state index contributed by atoms with van der Waals surface area (Å²) in [4.78, 5) is 48.4. The zero-order valence-electron chi connectivity index (χ0n) is 21.6. The van der Waals surface area contributed by atoms with Gasteiger partial charge < -0.3 is 19.5 Å². The van der Waals surface area contributed by atoms with E-state index in [1.807, 2.05) is 0 Å². The van der Waals surface area contributed by atoms with E-state index in [1.165, 1.54) is 65.7 Å². The second-order valence-electron chi connectivity index (χ2n) is 8.05. The Bertz CT molecular complexity index is 1660. The zero-order valence-corrected chi connectivity index (χ0v) is 23.1. The Morgan fingerprint density at radius 1 is 1.00 bits per heavy atom. The number of carbonyl (C=O) groups is 2. The van der Waals surface area contributed by atoms with Crippen LogP contribution in [0.3, 0.4) is 0 Å². The molecule has 1 amide bonds. The van der Waals surface area contributed by atoms with Crippen LogP contribution in [0.25, 0.3) is 0 Å². The normalized spacial score (nSPS) is 11.0. The summed E-state index contributed by atoms with van der Waals surface area (Å²) in [5.41, 5.74) is -1.31. The van der Waals surface area contributed by atoms with Gasteiger partial charge in [-0.25, -0.2) is 18.0 Å². The summed E-state index contributed by atoms with van der Waals surface area (Å²) < 4.78 is 44.9. The SMILES string of the molecule is COc1cc(OC)c(N(C)S(=O)(=O)c2cccc(C(=O)OCC(=O)Nc3cc(=O)n(C)c(=O)n3C)c2)cc1Cl. The zero-order chi connectivity index (χ0) is 29.1. The van der Waals surface area contributed by atoms with Gasteiger partial charge in [0.2, 0.25) is 0 Å². The number of halogens is 1. The first kappa shape index (κ1) is 29.3. The number of methoxy groups -OCH3 is 2. The monoisotopic (exact) mass is 580 g/mol. The van der Waals surface area contributed by atoms with Gasteiger partial charge in [-0.1, -0.05) is 17.7 Å². The molecule has 15 heteroatoms. The maximum absolute atomic E-state index is 13.3. The van der Waals surface area contributed by atoms with Crippen molar-refractivity contribution in [3.05, 3.63) is 73.9 Å². The predicted octanol–water partition coefficient (Wildman–Crippen LogP) is 1.38. The number of nitrogens with zero attached hydrogens (tertiary/aromatic N) is 3. The molecule has 1 N–H and O–H groups in total. The van der Waals surface area contributed by atoms with Gasteiger partial charge in [-0.15, -0.1) is 0 Å². The number of aromatic nitrogens is 2. The van der Waals surface area contributed by atoms with Gasteiger partial charge in [0.1, 0.15) is 17.3 Å². The fourth-order valence-corrected chi connectivity index (χ4v) is 4.89. The van der Waals surface area contributed by atoms with Crippen molar-refractivity contribution < 1.29 is 32.2 Å². The Hall–Kier alpha value is -4.30. The quantitative estimate of drug-likeness (QED) is 0.369. The third kappa shape index (κ3) is 6.07. The van der Waals surface area contributed by atoms with E-state index < -0.39 is 39.8 Å². The van der Waals surface area contributed by atoms with E-state index in [-0.39, 0.29) is 38.5 Å². The number of rotatable bonds is 9. The van der Waals surface area contributed by atoms with Crippen LogP contribution in [0.15, 0.2) is 56.9 Å². The van der Waals surface area contributed by atoms with Crippen molar-refractivity contribution in [2.24, 2.45) is 14.1 Å². The van der Waals surface area contributed by atoms with E-state index in [2.05, 4.69) is 5.32 Å². The molecule has 3 aromatic rings. The molecule has 0 bridgehead atoms. The molecule has 208 valence electrons. The number of nitrogens with one attached hydrogen (secondary N) is 1. The van der Waals surface area contributed by atoms with Crippen LogP contribution < -0.4 is 30.3 Å². The van der Waals surface area contributed by atoms with Crippen LogP contribution in [0.1, 0.15) is 10.4 Å². The van der Waals surface area contributed by atoms with Crippen molar-refractivity contribution in [1.29, 1.82) is 0 Å². The highest BCUT2D eigenvalue weighted by atomic mass is 35.5. The van der Waals surface area contributed by atoms with Crippen LogP contribution in [0, 0.1) is 0 Å². The average molecular weight is 581 g/mol. The van der Waals surface area contributed by atoms with Crippen molar-refractivity contribution in [2.75, 3.05) is 37.5 Å². The molecular formula is C24H25ClN4O9S. The van der Waals surface area contributed by atoms with Crippen LogP contribution >= 0.6 is 11.6 Å². The molecule has 0 radical (unpaired) electrons. The average Bonchev–Trinajstić information content (AvgIpc) is 2.92. The van der Waals surface area contributed by atoms with Gasteiger partial charge in [0.25, 0.3) is 21.5 Å². The van der Waals surface area contributed by atoms with Gasteiger partial charge in [-0.2, -0.15) is 0 Å². The number of esters is 1. The molecule has 0 atom stereocenters. The van der Waals surface area contributed by atoms with Gasteiger partial charge in [-0.3, -0.25) is 23.0 Å². The van der Waals surface area contributed by atoms with Crippen molar-refractivity contribution in [3.8, 4) is 11.5 Å². The lowest BCUT2D eigenvalue weighted by atomic mass is 10.2. The number of hydrogen-bond acceptors (Lipinski definition) is 9. The summed E-state index contributed by atoms with van der Waals surface area (Å²) in [6.07, 6.45) is 0. The number of amides is 1. The number of anilines is 2. The summed E-state index contributed by atoms with van der Waals surface area (Å²) in [6, 6.07) is 8.87. The smallest absolute Gasteiger partial charge is 0.338 e. The molecule has 0 spiro atoms. The van der Waals surface area contributed by atoms with Crippen molar-refractivity contribution in [3.63, 3.8) is 0 Å². The predicted molar refractivity (Wildman–Crippen MR) is 142 cm³/mol. The maximum Gasteiger partial charge on any atom is 0.338 e. The first-order valence-corrected chi connectivity index (χ1v) is 12.9. The molecule has 2 aromatic carbocycles. The van der Waals surface area contributed by atoms with Crippen LogP contribution in [-0.2, 0) is 33.7 Å². The summed E-state index contributed by atoms with van der Waals surface area (Å²) in [6.45, 7) is -0.763. The van der Waals surface area contributed by atoms with Crippen molar-refractivity contribution >= 4 is 45.0 Å². The number of hydrogen-bond donors (Lipinski definition) is 1. The Balaban J connectivity index is 1.78. The third-order valence-electron chi connectivity index (χ3n) is 5.65. The van der Waals surface area contributed by atoms with Gasteiger partial charge in [0.15, 0.2) is 6.61 Å². The fourth-order valence-electron chi connectivity index (χ4n) is 3.41. The van der Waals surface area contributed by atoms with E-state index >= 15 is 0 Å². The molecule has 0 aliphatic carbocycles. The largest absolute Gasteiger partial charge is 0.495 e. The first-order chi connectivity index (χ1) is 18.3. The molecule has 3 rings (SSSR count). The van der Waals surface area contributed by atoms with E-state index in [0.29, 0.717) is 0 Å². The molecule has 1 heterocycles. The number of ether oxygens (including phenoxy) is 3. The highest BCUT2D eigenvalue weighted by Crippen LogP contribution is 2.39. The molecule has 39 heavy (non-hydrogen) atoms. The summed E-state index contributed by atoms with van der Waals surface area (Å²) in [7, 11) is 2.48. The molecule has 1 aromatic heterocycles. The molecule has 0 unspecified atom stereocenters. The Morgan fingerprint density at radius 2 is 1.67 bits per heavy atom. The molecular weight excluding hydrogens is 556 g/mol. The van der Waals surface area contributed by atoms with Crippen molar-refractivity contribution in [2.45, 2.75) is 4.90 Å². The lowest BCUT2D eigenvalue weighted by Crippen LogP contribution is -2.38. The first-order valence-electron chi connectivity index (χ1n) is 11.1. The maximum atomic E-state index is 13.3. The number of sulfonamides is 1. The molecule has 0 aliphatic heterocycles. The second-order valence-corrected chi connectivity index (χ2v) is 10.4. The number of benzene rings is 2. The number of carbonyl (C=O) groups excluding carboxylic acids is 2. The summed E-state index contributed by atoms with van der Waals surface area (Å²) in [5.74, 6) is -1.42. The van der Waals surface area contributed by atoms with E-state index in [0.717, 1.165) is 25.6 Å². The molecule has 13 nitrogen and oxygen atoms in total. The Morgan fingerprint density at radius 3 is 2.31 bits per heavy atom. The molecule has 0 saturated heterocycles. The third-order valence-corrected chi connectivity index (χ3v) is 7.71. The summed E-state index contributed by atoms with van der Waals surface area (Å²) >= 11 is 6.18. The highest BCUT2D eigenvalue weighted by molar-refractivity contribution is 7.92. The minimum absolute atomic E-state index is 0.0886. The van der Waals surface area contributed by atoms with Gasteiger partial charge in [0, 0.05) is 33.3 Å². The minimum Gasteiger partial charge on any atom is -0.495 e. The molecule has 0 aliphatic rings. The second kappa shape index (κ2) is 11.6. The van der Waals surface area contributed by atoms with Gasteiger partial charge >= 0.3 is 11.7 Å². The van der Waals surface area contributed by atoms with E-state index in [1.54, 1.807) is 0 Å². The molecule has 0 fully saturated rings. The topological polar surface area (TPSA) is 155 Å². The van der Waals surface area contributed by atoms with E-state index in [4.69, 9.17) is 25.8 Å². The minimum atomic E-state index is -4.20. The lowest BCUT2D eigenvalue weighted by Gasteiger charge is -2.23. The van der Waals surface area contributed by atoms with Crippen LogP contribution in [-0.4, -0.2) is 57.3 Å². The summed E-state index contributed by atoms with van der Waals surface area (Å²) in [5, 5.41) is 2.47. The van der Waals surface area contributed by atoms with Crippen LogP contribution in [0.2, 0.25) is 5.02 Å². The van der Waals surface area contributed by atoms with Crippen LogP contribution in [0.5, 0.6) is 11.5 Å². The van der Waals surface area contributed by atoms with Gasteiger partial charge in [0.05, 0.1) is 35.4 Å². The lowest BCUT2D eigenvalue weighted by molar-refractivity contribution is -0.119. The Labute approximate surface area is 228 Å². The van der Waals surface area contributed by atoms with Crippen LogP contribution in [0.4, 0.5) is 11.5 Å². The highest BCUT2D eigenvalue weighted by Gasteiger charge is 2.26. The Kier molecular flexibility index (Phi) is 8.71. The van der Waals surface area contributed by atoms with Gasteiger partial charge in [-0.05, 0) is 24.3 Å². The van der Waals surface area contributed by atoms with E-state index in [9.17, 15) is 27.6 Å². The van der Waals surface area contributed by atoms with Crippen molar-refractivity contribution in [1.82, 2.24) is 9.13 Å². The standard InChI is InChI=1S/C24H25ClN4O9S/c1-27-20(12-22(31)28(2)24(27)33)26-21(30)13-38-23(32)14-7-6-8-15(9-14)39(34,35)29(3)17-10-16(25)18(36-4)11-19(17)37-5/h6-12H,13H2,1-5H3,(H,26,30). The molecule has 0 saturated carbocycles. The fraction of sp³-hybridized carbons (Fsp3) is 0.250.